The van der Waals surface area contributed by atoms with Crippen molar-refractivity contribution < 1.29 is 14.1 Å². The lowest BCUT2D eigenvalue weighted by Gasteiger charge is -2.13. The Morgan fingerprint density at radius 2 is 1.86 bits per heavy atom. The van der Waals surface area contributed by atoms with Gasteiger partial charge in [0.25, 0.3) is 11.6 Å². The summed E-state index contributed by atoms with van der Waals surface area (Å²) in [5.41, 5.74) is 15.6. The number of benzene rings is 3. The number of halogens is 1. The number of nitrogens with one attached hydrogen (secondary N) is 1. The molecule has 1 amide bonds. The van der Waals surface area contributed by atoms with Gasteiger partial charge in [0, 0.05) is 30.3 Å². The van der Waals surface area contributed by atoms with Gasteiger partial charge in [-0.15, -0.1) is 0 Å². The van der Waals surface area contributed by atoms with Crippen molar-refractivity contribution in [3.63, 3.8) is 0 Å². The predicted molar refractivity (Wildman–Crippen MR) is 141 cm³/mol. The fourth-order valence-corrected chi connectivity index (χ4v) is 4.14. The van der Waals surface area contributed by atoms with Gasteiger partial charge in [0.1, 0.15) is 5.82 Å². The van der Waals surface area contributed by atoms with Crippen LogP contribution in [-0.4, -0.2) is 39.5 Å². The van der Waals surface area contributed by atoms with Crippen LogP contribution in [0.1, 0.15) is 34.6 Å². The van der Waals surface area contributed by atoms with Crippen molar-refractivity contribution in [3.8, 4) is 11.1 Å². The number of aromatic nitrogens is 2. The molecule has 192 valence electrons. The Morgan fingerprint density at radius 1 is 1.14 bits per heavy atom. The van der Waals surface area contributed by atoms with Gasteiger partial charge in [0.05, 0.1) is 22.5 Å². The molecule has 0 spiro atoms. The predicted octanol–water partition coefficient (Wildman–Crippen LogP) is 3.90. The number of amides is 1. The molecule has 37 heavy (non-hydrogen) atoms. The van der Waals surface area contributed by atoms with Crippen molar-refractivity contribution in [2.75, 3.05) is 13.1 Å². The van der Waals surface area contributed by atoms with Crippen LogP contribution in [0.15, 0.2) is 60.7 Å². The number of nitrogens with two attached hydrogens (primary N) is 2. The molecule has 1 atom stereocenters. The van der Waals surface area contributed by atoms with E-state index in [4.69, 9.17) is 11.5 Å². The molecule has 10 heteroatoms. The van der Waals surface area contributed by atoms with E-state index in [9.17, 15) is 19.3 Å². The molecule has 0 aliphatic rings. The molecular formula is C27H29FN6O3. The number of imidazole rings is 1. The molecule has 0 bridgehead atoms. The first-order valence-corrected chi connectivity index (χ1v) is 12.0. The maximum atomic E-state index is 14.7. The summed E-state index contributed by atoms with van der Waals surface area (Å²) in [4.78, 5) is 28.4. The summed E-state index contributed by atoms with van der Waals surface area (Å²) in [5.74, 6) is -1.02. The van der Waals surface area contributed by atoms with Gasteiger partial charge in [-0.3, -0.25) is 14.9 Å². The van der Waals surface area contributed by atoms with E-state index in [0.717, 1.165) is 35.2 Å². The van der Waals surface area contributed by atoms with Gasteiger partial charge < -0.3 is 21.4 Å². The molecule has 0 aliphatic heterocycles. The Balaban J connectivity index is 1.74. The highest BCUT2D eigenvalue weighted by atomic mass is 19.1. The van der Waals surface area contributed by atoms with Crippen LogP contribution in [0, 0.1) is 22.9 Å². The van der Waals surface area contributed by atoms with E-state index in [1.165, 1.54) is 6.07 Å². The second kappa shape index (κ2) is 11.3. The number of hydrogen-bond donors (Lipinski definition) is 3. The number of carbonyl (C=O) groups excluding carboxylic acids is 1. The lowest BCUT2D eigenvalue weighted by atomic mass is 10.0. The summed E-state index contributed by atoms with van der Waals surface area (Å²) in [5, 5.41) is 14.1. The number of carbonyl (C=O) groups is 1. The third kappa shape index (κ3) is 5.99. The Bertz CT molecular complexity index is 1430. The fourth-order valence-electron chi connectivity index (χ4n) is 4.14. The summed E-state index contributed by atoms with van der Waals surface area (Å²) in [6, 6.07) is 16.7. The van der Waals surface area contributed by atoms with Crippen molar-refractivity contribution in [1.29, 1.82) is 0 Å². The summed E-state index contributed by atoms with van der Waals surface area (Å²) in [6.45, 7) is 2.63. The summed E-state index contributed by atoms with van der Waals surface area (Å²) in [6.07, 6.45) is 1.40. The highest BCUT2D eigenvalue weighted by Gasteiger charge is 2.21. The quantitative estimate of drug-likeness (QED) is 0.221. The second-order valence-electron chi connectivity index (χ2n) is 9.02. The van der Waals surface area contributed by atoms with Crippen molar-refractivity contribution in [2.24, 2.45) is 11.5 Å². The van der Waals surface area contributed by atoms with E-state index in [1.807, 2.05) is 49.4 Å². The molecule has 9 nitrogen and oxygen atoms in total. The average molecular weight is 505 g/mol. The third-order valence-electron chi connectivity index (χ3n) is 6.21. The zero-order valence-corrected chi connectivity index (χ0v) is 20.5. The number of non-ortho nitro benzene ring substituents is 1. The molecule has 0 unspecified atom stereocenters. The molecule has 4 aromatic rings. The number of fused-ring (bicyclic) bond motifs is 1. The van der Waals surface area contributed by atoms with Crippen molar-refractivity contribution in [1.82, 2.24) is 14.9 Å². The van der Waals surface area contributed by atoms with Crippen LogP contribution in [0.5, 0.6) is 0 Å². The lowest BCUT2D eigenvalue weighted by Crippen LogP contribution is -2.38. The first-order chi connectivity index (χ1) is 17.8. The molecule has 1 heterocycles. The minimum atomic E-state index is -0.612. The maximum Gasteiger partial charge on any atom is 0.287 e. The summed E-state index contributed by atoms with van der Waals surface area (Å²) >= 11 is 0. The van der Waals surface area contributed by atoms with E-state index in [0.29, 0.717) is 24.0 Å². The van der Waals surface area contributed by atoms with Gasteiger partial charge in [-0.25, -0.2) is 9.37 Å². The van der Waals surface area contributed by atoms with Crippen LogP contribution in [0.25, 0.3) is 22.2 Å². The summed E-state index contributed by atoms with van der Waals surface area (Å²) < 4.78 is 16.2. The Morgan fingerprint density at radius 3 is 2.57 bits per heavy atom. The number of nitrogens with zero attached hydrogens (tertiary/aromatic N) is 3. The minimum Gasteiger partial charge on any atom is -0.348 e. The molecular weight excluding hydrogens is 475 g/mol. The molecule has 0 saturated heterocycles. The zero-order chi connectivity index (χ0) is 26.5. The third-order valence-corrected chi connectivity index (χ3v) is 6.21. The van der Waals surface area contributed by atoms with Crippen molar-refractivity contribution in [2.45, 2.75) is 32.4 Å². The first kappa shape index (κ1) is 25.9. The van der Waals surface area contributed by atoms with E-state index in [1.54, 1.807) is 4.57 Å². The first-order valence-electron chi connectivity index (χ1n) is 12.0. The monoisotopic (exact) mass is 504 g/mol. The van der Waals surface area contributed by atoms with Gasteiger partial charge in [-0.05, 0) is 55.6 Å². The van der Waals surface area contributed by atoms with Gasteiger partial charge in [-0.1, -0.05) is 35.9 Å². The van der Waals surface area contributed by atoms with Crippen LogP contribution in [0.4, 0.5) is 10.1 Å². The lowest BCUT2D eigenvalue weighted by molar-refractivity contribution is -0.385. The van der Waals surface area contributed by atoms with E-state index < -0.39 is 16.6 Å². The Kier molecular flexibility index (Phi) is 7.90. The van der Waals surface area contributed by atoms with E-state index in [-0.39, 0.29) is 36.2 Å². The second-order valence-corrected chi connectivity index (χ2v) is 9.02. The van der Waals surface area contributed by atoms with Crippen LogP contribution < -0.4 is 16.8 Å². The maximum absolute atomic E-state index is 14.7. The van der Waals surface area contributed by atoms with Crippen LogP contribution in [0.2, 0.25) is 0 Å². The summed E-state index contributed by atoms with van der Waals surface area (Å²) in [7, 11) is 0. The molecule has 0 aliphatic carbocycles. The topological polar surface area (TPSA) is 142 Å². The number of rotatable bonds is 10. The molecule has 5 N–H and O–H groups in total. The van der Waals surface area contributed by atoms with Gasteiger partial charge >= 0.3 is 0 Å². The number of hydrogen-bond acceptors (Lipinski definition) is 6. The number of nitro groups is 1. The van der Waals surface area contributed by atoms with Crippen LogP contribution >= 0.6 is 0 Å². The number of aryl methyl sites for hydroxylation is 1. The van der Waals surface area contributed by atoms with Crippen molar-refractivity contribution >= 4 is 22.6 Å². The van der Waals surface area contributed by atoms with Gasteiger partial charge in [0.15, 0.2) is 5.82 Å². The molecule has 0 radical (unpaired) electrons. The molecule has 3 aromatic carbocycles. The molecule has 0 fully saturated rings. The van der Waals surface area contributed by atoms with Gasteiger partial charge in [0.2, 0.25) is 0 Å². The highest BCUT2D eigenvalue weighted by molar-refractivity contribution is 5.95. The molecule has 1 aromatic heterocycles. The highest BCUT2D eigenvalue weighted by Crippen LogP contribution is 2.27. The Hall–Kier alpha value is -4.15. The van der Waals surface area contributed by atoms with E-state index >= 15 is 0 Å². The Labute approximate surface area is 213 Å². The fraction of sp³-hybridized carbons (Fsp3) is 0.259. The smallest absolute Gasteiger partial charge is 0.287 e. The largest absolute Gasteiger partial charge is 0.348 e. The van der Waals surface area contributed by atoms with E-state index in [2.05, 4.69) is 10.3 Å². The van der Waals surface area contributed by atoms with Crippen LogP contribution in [0.3, 0.4) is 0 Å². The zero-order valence-electron chi connectivity index (χ0n) is 20.5. The van der Waals surface area contributed by atoms with Crippen molar-refractivity contribution in [3.05, 3.63) is 93.5 Å². The molecule has 0 saturated carbocycles. The average Bonchev–Trinajstić information content (AvgIpc) is 3.25. The normalized spacial score (nSPS) is 12.0. The SMILES string of the molecule is Cc1ccc(-c2ccc3c(c2)nc(C(=O)NC[C@@H](N)CCCN)n3Cc2cc([N+](=O)[O-])ccc2F)cc1. The standard InChI is InChI=1S/C27H29FN6O3/c1-17-4-6-18(7-5-17)19-8-11-25-24(14-19)32-26(27(35)31-15-21(30)3-2-12-29)33(25)16-20-13-22(34(36)37)9-10-23(20)28/h4-11,13-14,21H,2-3,12,15-16,29-30H2,1H3,(H,31,35)/t21-/m0/s1. The van der Waals surface area contributed by atoms with Crippen LogP contribution in [-0.2, 0) is 6.54 Å². The number of nitro benzene ring substituents is 1. The minimum absolute atomic E-state index is 0.0630. The van der Waals surface area contributed by atoms with Gasteiger partial charge in [-0.2, -0.15) is 0 Å². The molecule has 4 rings (SSSR count).